The van der Waals surface area contributed by atoms with Gasteiger partial charge in [-0.2, -0.15) is 0 Å². The second-order valence-corrected chi connectivity index (χ2v) is 9.05. The molecule has 0 bridgehead atoms. The molecular weight excluding hydrogens is 431 g/mol. The van der Waals surface area contributed by atoms with Crippen molar-refractivity contribution in [2.24, 2.45) is 5.92 Å². The fourth-order valence-corrected chi connectivity index (χ4v) is 5.36. The van der Waals surface area contributed by atoms with Crippen molar-refractivity contribution in [3.05, 3.63) is 88.7 Å². The van der Waals surface area contributed by atoms with Crippen molar-refractivity contribution >= 4 is 5.69 Å². The Morgan fingerprint density at radius 2 is 1.76 bits per heavy atom. The highest BCUT2D eigenvalue weighted by atomic mass is 19.1. The molecule has 0 radical (unpaired) electrons. The summed E-state index contributed by atoms with van der Waals surface area (Å²) in [6, 6.07) is 18.8. The minimum atomic E-state index is -0.265. The Labute approximate surface area is 198 Å². The molecule has 3 aromatic carbocycles. The molecule has 0 spiro atoms. The van der Waals surface area contributed by atoms with Gasteiger partial charge in [0, 0.05) is 35.3 Å². The number of fused-ring (bicyclic) bond motifs is 4. The molecule has 2 N–H and O–H groups in total. The molecule has 0 saturated carbocycles. The van der Waals surface area contributed by atoms with Crippen molar-refractivity contribution in [2.75, 3.05) is 25.3 Å². The molecule has 1 fully saturated rings. The minimum absolute atomic E-state index is 0.0235. The van der Waals surface area contributed by atoms with Gasteiger partial charge in [-0.15, -0.1) is 0 Å². The second-order valence-electron chi connectivity index (χ2n) is 9.05. The molecule has 0 amide bonds. The van der Waals surface area contributed by atoms with Crippen molar-refractivity contribution in [3.8, 4) is 23.3 Å². The number of likely N-dealkylation sites (tertiary alicyclic amines) is 1. The van der Waals surface area contributed by atoms with Crippen molar-refractivity contribution in [3.63, 3.8) is 0 Å². The van der Waals surface area contributed by atoms with Crippen LogP contribution in [0.25, 0.3) is 0 Å². The van der Waals surface area contributed by atoms with Gasteiger partial charge in [0.15, 0.2) is 11.5 Å². The molecule has 3 aromatic rings. The van der Waals surface area contributed by atoms with Crippen molar-refractivity contribution in [2.45, 2.75) is 25.0 Å². The zero-order valence-electron chi connectivity index (χ0n) is 18.6. The molecule has 34 heavy (non-hydrogen) atoms. The molecule has 1 saturated heterocycles. The Kier molecular flexibility index (Phi) is 5.37. The monoisotopic (exact) mass is 456 g/mol. The number of anilines is 1. The summed E-state index contributed by atoms with van der Waals surface area (Å²) in [5.41, 5.74) is 5.13. The first kappa shape index (κ1) is 21.0. The quantitative estimate of drug-likeness (QED) is 0.576. The van der Waals surface area contributed by atoms with E-state index in [0.29, 0.717) is 5.92 Å². The number of nitrogens with zero attached hydrogens (tertiary/aromatic N) is 1. The van der Waals surface area contributed by atoms with Crippen LogP contribution < -0.4 is 14.8 Å². The molecule has 0 unspecified atom stereocenters. The number of benzene rings is 3. The third-order valence-corrected chi connectivity index (χ3v) is 6.99. The normalized spacial score (nSPS) is 22.4. The highest BCUT2D eigenvalue weighted by Gasteiger charge is 2.43. The maximum absolute atomic E-state index is 13.2. The summed E-state index contributed by atoms with van der Waals surface area (Å²) in [4.78, 5) is 2.49. The number of rotatable bonds is 3. The van der Waals surface area contributed by atoms with Crippen LogP contribution in [0.15, 0.2) is 60.7 Å². The van der Waals surface area contributed by atoms with E-state index in [2.05, 4.69) is 46.3 Å². The van der Waals surface area contributed by atoms with Gasteiger partial charge in [0.2, 0.25) is 6.79 Å². The Morgan fingerprint density at radius 3 is 2.62 bits per heavy atom. The number of aliphatic hydroxyl groups is 1. The Balaban J connectivity index is 1.31. The van der Waals surface area contributed by atoms with Crippen molar-refractivity contribution < 1.29 is 19.0 Å². The smallest absolute Gasteiger partial charge is 0.231 e. The van der Waals surface area contributed by atoms with Crippen LogP contribution in [0.3, 0.4) is 0 Å². The number of halogens is 1. The summed E-state index contributed by atoms with van der Waals surface area (Å²) in [5.74, 6) is 8.00. The summed E-state index contributed by atoms with van der Waals surface area (Å²) in [6.45, 7) is 2.12. The first-order valence-corrected chi connectivity index (χ1v) is 11.6. The average molecular weight is 457 g/mol. The first-order valence-electron chi connectivity index (χ1n) is 11.6. The number of ether oxygens (including phenoxy) is 2. The van der Waals surface area contributed by atoms with E-state index in [9.17, 15) is 9.50 Å². The van der Waals surface area contributed by atoms with E-state index in [1.807, 2.05) is 12.1 Å². The zero-order chi connectivity index (χ0) is 23.1. The minimum Gasteiger partial charge on any atom is -0.454 e. The van der Waals surface area contributed by atoms with Crippen LogP contribution in [0.5, 0.6) is 11.5 Å². The van der Waals surface area contributed by atoms with Gasteiger partial charge in [0.25, 0.3) is 0 Å². The van der Waals surface area contributed by atoms with E-state index in [-0.39, 0.29) is 31.3 Å². The fraction of sp³-hybridized carbons (Fsp3) is 0.286. The Morgan fingerprint density at radius 1 is 0.971 bits per heavy atom. The maximum Gasteiger partial charge on any atom is 0.231 e. The summed E-state index contributed by atoms with van der Waals surface area (Å²) in [5, 5.41) is 13.6. The Bertz CT molecular complexity index is 1280. The second kappa shape index (κ2) is 8.68. The van der Waals surface area contributed by atoms with Crippen LogP contribution in [0, 0.1) is 23.6 Å². The van der Waals surface area contributed by atoms with E-state index in [1.165, 1.54) is 23.3 Å². The molecule has 172 valence electrons. The summed E-state index contributed by atoms with van der Waals surface area (Å²) < 4.78 is 24.2. The SMILES string of the molecule is OC[C@H]1Nc2ccc(C#Cc3ccc(F)cc3)cc2[C@@H]2[C@H]1CCN2Cc1ccc2c(c1)OCO2. The predicted molar refractivity (Wildman–Crippen MR) is 127 cm³/mol. The molecule has 5 nitrogen and oxygen atoms in total. The van der Waals surface area contributed by atoms with Gasteiger partial charge >= 0.3 is 0 Å². The van der Waals surface area contributed by atoms with Crippen LogP contribution in [-0.4, -0.2) is 36.0 Å². The average Bonchev–Trinajstić information content (AvgIpc) is 3.50. The summed E-state index contributed by atoms with van der Waals surface area (Å²) in [7, 11) is 0. The van der Waals surface area contributed by atoms with Crippen LogP contribution in [0.2, 0.25) is 0 Å². The highest BCUT2D eigenvalue weighted by Crippen LogP contribution is 2.47. The molecular formula is C28H25FN2O3. The third kappa shape index (κ3) is 3.87. The van der Waals surface area contributed by atoms with Crippen molar-refractivity contribution in [1.29, 1.82) is 0 Å². The van der Waals surface area contributed by atoms with Gasteiger partial charge in [0.1, 0.15) is 5.82 Å². The van der Waals surface area contributed by atoms with E-state index in [0.717, 1.165) is 47.8 Å². The fourth-order valence-electron chi connectivity index (χ4n) is 5.36. The summed E-state index contributed by atoms with van der Waals surface area (Å²) >= 11 is 0. The largest absolute Gasteiger partial charge is 0.454 e. The lowest BCUT2D eigenvalue weighted by atomic mass is 9.82. The lowest BCUT2D eigenvalue weighted by Crippen LogP contribution is -2.41. The predicted octanol–water partition coefficient (Wildman–Crippen LogP) is 4.30. The maximum atomic E-state index is 13.2. The zero-order valence-corrected chi connectivity index (χ0v) is 18.6. The molecule has 3 aliphatic rings. The number of hydrogen-bond donors (Lipinski definition) is 2. The molecule has 6 rings (SSSR count). The molecule has 3 atom stereocenters. The molecule has 3 aliphatic heterocycles. The van der Waals surface area contributed by atoms with Crippen LogP contribution >= 0.6 is 0 Å². The van der Waals surface area contributed by atoms with E-state index in [4.69, 9.17) is 9.47 Å². The lowest BCUT2D eigenvalue weighted by Gasteiger charge is -2.39. The van der Waals surface area contributed by atoms with Gasteiger partial charge in [-0.1, -0.05) is 17.9 Å². The number of nitrogens with one attached hydrogen (secondary N) is 1. The van der Waals surface area contributed by atoms with E-state index in [1.54, 1.807) is 12.1 Å². The topological polar surface area (TPSA) is 54.0 Å². The van der Waals surface area contributed by atoms with Crippen LogP contribution in [0.4, 0.5) is 10.1 Å². The van der Waals surface area contributed by atoms with Crippen molar-refractivity contribution in [1.82, 2.24) is 4.90 Å². The first-order chi connectivity index (χ1) is 16.7. The van der Waals surface area contributed by atoms with E-state index < -0.39 is 0 Å². The van der Waals surface area contributed by atoms with Gasteiger partial charge in [-0.3, -0.25) is 4.90 Å². The highest BCUT2D eigenvalue weighted by molar-refractivity contribution is 5.60. The van der Waals surface area contributed by atoms with E-state index >= 15 is 0 Å². The van der Waals surface area contributed by atoms with Gasteiger partial charge in [-0.25, -0.2) is 4.39 Å². The number of aliphatic hydroxyl groups excluding tert-OH is 1. The lowest BCUT2D eigenvalue weighted by molar-refractivity contribution is 0.171. The van der Waals surface area contributed by atoms with Gasteiger partial charge in [0.05, 0.1) is 12.6 Å². The van der Waals surface area contributed by atoms with Crippen LogP contribution in [-0.2, 0) is 6.54 Å². The van der Waals surface area contributed by atoms with Crippen LogP contribution in [0.1, 0.15) is 34.7 Å². The standard InChI is InChI=1S/C28H25FN2O3/c29-21-7-3-18(4-8-21)1-2-19-5-9-24-23(13-19)28-22(25(16-32)30-24)11-12-31(28)15-20-6-10-26-27(14-20)34-17-33-26/h3-10,13-14,22,25,28,30,32H,11-12,15-17H2/t22-,25+,28-/m0/s1. The number of hydrogen-bond acceptors (Lipinski definition) is 5. The molecule has 6 heteroatoms. The molecule has 0 aliphatic carbocycles. The van der Waals surface area contributed by atoms with Gasteiger partial charge < -0.3 is 19.9 Å². The van der Waals surface area contributed by atoms with Gasteiger partial charge in [-0.05, 0) is 78.7 Å². The Hall–Kier alpha value is -3.53. The summed E-state index contributed by atoms with van der Waals surface area (Å²) in [6.07, 6.45) is 1.01. The molecule has 0 aromatic heterocycles. The third-order valence-electron chi connectivity index (χ3n) is 6.99. The molecule has 3 heterocycles.